The van der Waals surface area contributed by atoms with Crippen LogP contribution in [0, 0.1) is 0 Å². The lowest BCUT2D eigenvalue weighted by molar-refractivity contribution is -0.164. The minimum absolute atomic E-state index is 0.110. The maximum absolute atomic E-state index is 13.3. The molecule has 1 atom stereocenters. The zero-order valence-corrected chi connectivity index (χ0v) is 16.7. The first-order valence-corrected chi connectivity index (χ1v) is 10.2. The van der Waals surface area contributed by atoms with E-state index in [0.29, 0.717) is 0 Å². The summed E-state index contributed by atoms with van der Waals surface area (Å²) in [5.41, 5.74) is 4.51. The quantitative estimate of drug-likeness (QED) is 0.462. The Bertz CT molecular complexity index is 1260. The van der Waals surface area contributed by atoms with Crippen LogP contribution in [0.4, 0.5) is 0 Å². The lowest BCUT2D eigenvalue weighted by atomic mass is 9.96. The van der Waals surface area contributed by atoms with Crippen molar-refractivity contribution in [3.63, 3.8) is 0 Å². The lowest BCUT2D eigenvalue weighted by Crippen LogP contribution is -2.31. The van der Waals surface area contributed by atoms with Crippen molar-refractivity contribution in [1.29, 1.82) is 0 Å². The molecule has 0 heterocycles. The van der Waals surface area contributed by atoms with Crippen LogP contribution in [0.25, 0.3) is 21.9 Å². The largest absolute Gasteiger partial charge is 0.478 e. The smallest absolute Gasteiger partial charge is 0.345 e. The van der Waals surface area contributed by atoms with Crippen LogP contribution in [-0.4, -0.2) is 23.1 Å². The SMILES string of the molecule is O=C(O[C@H](Cc1cccc2ccccc12)C(=O)O)C1c2ccccc2-c2ccccc21. The van der Waals surface area contributed by atoms with E-state index in [1.807, 2.05) is 91.0 Å². The third kappa shape index (κ3) is 3.36. The summed E-state index contributed by atoms with van der Waals surface area (Å²) in [5, 5.41) is 11.8. The van der Waals surface area contributed by atoms with E-state index >= 15 is 0 Å². The van der Waals surface area contributed by atoms with Gasteiger partial charge in [-0.05, 0) is 38.6 Å². The molecule has 4 heteroatoms. The second-order valence-electron chi connectivity index (χ2n) is 7.71. The fraction of sp³-hybridized carbons (Fsp3) is 0.111. The predicted molar refractivity (Wildman–Crippen MR) is 119 cm³/mol. The molecule has 0 unspecified atom stereocenters. The Labute approximate surface area is 179 Å². The van der Waals surface area contributed by atoms with Gasteiger partial charge < -0.3 is 9.84 Å². The van der Waals surface area contributed by atoms with Crippen molar-refractivity contribution in [2.45, 2.75) is 18.4 Å². The minimum atomic E-state index is -1.27. The second kappa shape index (κ2) is 7.73. The molecule has 0 aromatic heterocycles. The molecule has 4 aromatic rings. The van der Waals surface area contributed by atoms with E-state index in [1.54, 1.807) is 0 Å². The van der Waals surface area contributed by atoms with Crippen LogP contribution < -0.4 is 0 Å². The third-order valence-corrected chi connectivity index (χ3v) is 5.89. The molecule has 5 rings (SSSR count). The van der Waals surface area contributed by atoms with Gasteiger partial charge in [0.25, 0.3) is 0 Å². The molecule has 0 saturated heterocycles. The highest BCUT2D eigenvalue weighted by Crippen LogP contribution is 2.45. The fourth-order valence-electron chi connectivity index (χ4n) is 4.47. The molecule has 0 radical (unpaired) electrons. The van der Waals surface area contributed by atoms with Crippen LogP contribution in [-0.2, 0) is 20.7 Å². The number of carbonyl (C=O) groups is 2. The summed E-state index contributed by atoms with van der Waals surface area (Å²) in [6.45, 7) is 0. The van der Waals surface area contributed by atoms with Gasteiger partial charge in [0.15, 0.2) is 0 Å². The van der Waals surface area contributed by atoms with Crippen molar-refractivity contribution in [2.75, 3.05) is 0 Å². The van der Waals surface area contributed by atoms with Crippen LogP contribution in [0.1, 0.15) is 22.6 Å². The van der Waals surface area contributed by atoms with Gasteiger partial charge in [0.2, 0.25) is 6.10 Å². The third-order valence-electron chi connectivity index (χ3n) is 5.89. The van der Waals surface area contributed by atoms with Crippen molar-refractivity contribution < 1.29 is 19.4 Å². The average Bonchev–Trinajstić information content (AvgIpc) is 3.13. The molecule has 1 N–H and O–H groups in total. The average molecular weight is 408 g/mol. The van der Waals surface area contributed by atoms with Gasteiger partial charge >= 0.3 is 11.9 Å². The van der Waals surface area contributed by atoms with Crippen LogP contribution in [0.3, 0.4) is 0 Å². The number of aliphatic carboxylic acids is 1. The van der Waals surface area contributed by atoms with E-state index in [-0.39, 0.29) is 6.42 Å². The number of hydrogen-bond donors (Lipinski definition) is 1. The Kier molecular flexibility index (Phi) is 4.75. The summed E-state index contributed by atoms with van der Waals surface area (Å²) in [6.07, 6.45) is -1.16. The number of rotatable bonds is 5. The van der Waals surface area contributed by atoms with Gasteiger partial charge in [-0.15, -0.1) is 0 Å². The summed E-state index contributed by atoms with van der Waals surface area (Å²) in [4.78, 5) is 25.3. The molecular weight excluding hydrogens is 388 g/mol. The number of carboxylic acids is 1. The van der Waals surface area contributed by atoms with Gasteiger partial charge in [-0.25, -0.2) is 4.79 Å². The van der Waals surface area contributed by atoms with E-state index < -0.39 is 24.0 Å². The molecule has 152 valence electrons. The minimum Gasteiger partial charge on any atom is -0.478 e. The number of ether oxygens (including phenoxy) is 1. The first kappa shape index (κ1) is 19.1. The van der Waals surface area contributed by atoms with Crippen molar-refractivity contribution in [3.8, 4) is 11.1 Å². The molecule has 0 fully saturated rings. The first-order chi connectivity index (χ1) is 15.1. The monoisotopic (exact) mass is 408 g/mol. The number of carboxylic acid groups (broad SMARTS) is 1. The molecule has 1 aliphatic carbocycles. The second-order valence-corrected chi connectivity index (χ2v) is 7.71. The van der Waals surface area contributed by atoms with Gasteiger partial charge in [0.05, 0.1) is 0 Å². The molecule has 0 saturated carbocycles. The zero-order valence-electron chi connectivity index (χ0n) is 16.7. The van der Waals surface area contributed by atoms with Crippen LogP contribution >= 0.6 is 0 Å². The molecule has 0 amide bonds. The Morgan fingerprint density at radius 3 is 2.03 bits per heavy atom. The predicted octanol–water partition coefficient (Wildman–Crippen LogP) is 5.19. The summed E-state index contributed by atoms with van der Waals surface area (Å²) in [5.74, 6) is -2.31. The number of benzene rings is 4. The highest BCUT2D eigenvalue weighted by Gasteiger charge is 2.36. The van der Waals surface area contributed by atoms with Crippen LogP contribution in [0.2, 0.25) is 0 Å². The van der Waals surface area contributed by atoms with Gasteiger partial charge in [-0.1, -0.05) is 91.0 Å². The zero-order chi connectivity index (χ0) is 21.4. The summed E-state index contributed by atoms with van der Waals surface area (Å²) < 4.78 is 5.62. The van der Waals surface area contributed by atoms with Crippen molar-refractivity contribution in [2.24, 2.45) is 0 Å². The Balaban J connectivity index is 1.46. The van der Waals surface area contributed by atoms with Crippen molar-refractivity contribution in [3.05, 3.63) is 108 Å². The van der Waals surface area contributed by atoms with E-state index in [1.165, 1.54) is 0 Å². The van der Waals surface area contributed by atoms with E-state index in [0.717, 1.165) is 38.6 Å². The standard InChI is InChI=1S/C27H20O4/c28-26(29)24(16-18-10-7-9-17-8-1-2-11-19(17)18)31-27(30)25-22-14-5-3-12-20(22)21-13-4-6-15-23(21)25/h1-15,24-25H,16H2,(H,28,29)/t24-/m1/s1. The molecule has 4 nitrogen and oxygen atoms in total. The maximum atomic E-state index is 13.3. The van der Waals surface area contributed by atoms with Crippen molar-refractivity contribution in [1.82, 2.24) is 0 Å². The summed E-state index contributed by atoms with van der Waals surface area (Å²) in [6, 6.07) is 28.9. The summed E-state index contributed by atoms with van der Waals surface area (Å²) >= 11 is 0. The van der Waals surface area contributed by atoms with Gasteiger partial charge in [0.1, 0.15) is 5.92 Å². The number of fused-ring (bicyclic) bond motifs is 4. The molecular formula is C27H20O4. The van der Waals surface area contributed by atoms with Gasteiger partial charge in [-0.2, -0.15) is 0 Å². The topological polar surface area (TPSA) is 63.6 Å². The highest BCUT2D eigenvalue weighted by atomic mass is 16.6. The van der Waals surface area contributed by atoms with Crippen LogP contribution in [0.5, 0.6) is 0 Å². The first-order valence-electron chi connectivity index (χ1n) is 10.2. The lowest BCUT2D eigenvalue weighted by Gasteiger charge is -2.19. The Hall–Kier alpha value is -3.92. The van der Waals surface area contributed by atoms with E-state index in [9.17, 15) is 14.7 Å². The fourth-order valence-corrected chi connectivity index (χ4v) is 4.47. The normalized spacial score (nSPS) is 13.4. The van der Waals surface area contributed by atoms with Gasteiger partial charge in [-0.3, -0.25) is 4.79 Å². The molecule has 0 spiro atoms. The Morgan fingerprint density at radius 2 is 1.35 bits per heavy atom. The van der Waals surface area contributed by atoms with Crippen molar-refractivity contribution >= 4 is 22.7 Å². The number of carbonyl (C=O) groups excluding carboxylic acids is 1. The molecule has 0 aliphatic heterocycles. The molecule has 4 aromatic carbocycles. The molecule has 1 aliphatic rings. The number of hydrogen-bond acceptors (Lipinski definition) is 3. The maximum Gasteiger partial charge on any atom is 0.345 e. The number of esters is 1. The highest BCUT2D eigenvalue weighted by molar-refractivity contribution is 5.94. The van der Waals surface area contributed by atoms with Gasteiger partial charge in [0, 0.05) is 6.42 Å². The van der Waals surface area contributed by atoms with Crippen LogP contribution in [0.15, 0.2) is 91.0 Å². The summed E-state index contributed by atoms with van der Waals surface area (Å²) in [7, 11) is 0. The molecule has 0 bridgehead atoms. The van der Waals surface area contributed by atoms with E-state index in [2.05, 4.69) is 0 Å². The van der Waals surface area contributed by atoms with E-state index in [4.69, 9.17) is 4.74 Å². The Morgan fingerprint density at radius 1 is 0.774 bits per heavy atom. The molecule has 31 heavy (non-hydrogen) atoms.